The van der Waals surface area contributed by atoms with Gasteiger partial charge in [-0.3, -0.25) is 0 Å². The fourth-order valence-corrected chi connectivity index (χ4v) is 2.75. The van der Waals surface area contributed by atoms with Crippen molar-refractivity contribution in [2.75, 3.05) is 6.54 Å². The van der Waals surface area contributed by atoms with Crippen LogP contribution in [0.1, 0.15) is 51.7 Å². The van der Waals surface area contributed by atoms with Crippen LogP contribution in [0.25, 0.3) is 0 Å². The Morgan fingerprint density at radius 1 is 1.41 bits per heavy atom. The van der Waals surface area contributed by atoms with E-state index in [4.69, 9.17) is 4.74 Å². The first-order chi connectivity index (χ1) is 10.3. The summed E-state index contributed by atoms with van der Waals surface area (Å²) in [6.07, 6.45) is 1.15. The Morgan fingerprint density at radius 2 is 2.14 bits per heavy atom. The van der Waals surface area contributed by atoms with Gasteiger partial charge in [-0.2, -0.15) is 0 Å². The van der Waals surface area contributed by atoms with Crippen molar-refractivity contribution in [2.45, 2.75) is 57.8 Å². The number of carbonyl (C=O) groups is 1. The highest BCUT2D eigenvalue weighted by molar-refractivity contribution is 5.68. The van der Waals surface area contributed by atoms with Gasteiger partial charge in [0.05, 0.1) is 12.1 Å². The highest BCUT2D eigenvalue weighted by Crippen LogP contribution is 2.30. The summed E-state index contributed by atoms with van der Waals surface area (Å²) in [7, 11) is 0. The molecule has 0 radical (unpaired) electrons. The number of aliphatic hydroxyl groups is 1. The predicted molar refractivity (Wildman–Crippen MR) is 81.9 cm³/mol. The minimum atomic E-state index is -0.913. The van der Waals surface area contributed by atoms with Crippen LogP contribution in [0.2, 0.25) is 0 Å². The van der Waals surface area contributed by atoms with Crippen molar-refractivity contribution in [3.8, 4) is 0 Å². The van der Waals surface area contributed by atoms with Crippen LogP contribution < -0.4 is 0 Å². The topological polar surface area (TPSA) is 49.8 Å². The van der Waals surface area contributed by atoms with Crippen LogP contribution in [0, 0.1) is 5.82 Å². The molecule has 0 aliphatic carbocycles. The van der Waals surface area contributed by atoms with E-state index >= 15 is 0 Å². The number of hydrogen-bond donors (Lipinski definition) is 1. The van der Waals surface area contributed by atoms with Crippen LogP contribution in [-0.2, 0) is 4.74 Å². The highest BCUT2D eigenvalue weighted by atomic mass is 19.1. The van der Waals surface area contributed by atoms with Gasteiger partial charge >= 0.3 is 6.09 Å². The normalized spacial score (nSPS) is 20.6. The summed E-state index contributed by atoms with van der Waals surface area (Å²) in [6.45, 7) is 5.98. The summed E-state index contributed by atoms with van der Waals surface area (Å²) in [5.74, 6) is -0.392. The Morgan fingerprint density at radius 3 is 2.77 bits per heavy atom. The Hall–Kier alpha value is -1.62. The fourth-order valence-electron chi connectivity index (χ4n) is 2.75. The molecule has 1 heterocycles. The number of nitrogens with zero attached hydrogens (tertiary/aromatic N) is 1. The summed E-state index contributed by atoms with van der Waals surface area (Å²) >= 11 is 0. The van der Waals surface area contributed by atoms with Crippen molar-refractivity contribution in [3.05, 3.63) is 35.6 Å². The largest absolute Gasteiger partial charge is 0.444 e. The predicted octanol–water partition coefficient (Wildman–Crippen LogP) is 3.65. The van der Waals surface area contributed by atoms with E-state index in [1.165, 1.54) is 12.1 Å². The summed E-state index contributed by atoms with van der Waals surface area (Å²) in [6, 6.07) is 5.50. The van der Waals surface area contributed by atoms with Crippen LogP contribution in [0.15, 0.2) is 24.3 Å². The number of carbonyl (C=O) groups excluding carboxylic acids is 1. The molecule has 0 aromatic heterocycles. The van der Waals surface area contributed by atoms with Gasteiger partial charge in [-0.25, -0.2) is 9.18 Å². The number of benzene rings is 1. The standard InChI is InChI=1S/C17H24FNO3/c1-17(2,3)22-16(21)19-10-5-4-9-14(19)15(20)12-7-6-8-13(18)11-12/h6-8,11,14-15,20H,4-5,9-10H2,1-3H3/t14-,15-/m1/s1. The zero-order valence-electron chi connectivity index (χ0n) is 13.4. The molecule has 0 spiro atoms. The lowest BCUT2D eigenvalue weighted by Crippen LogP contribution is -2.48. The Kier molecular flexibility index (Phi) is 5.06. The number of hydrogen-bond acceptors (Lipinski definition) is 3. The van der Waals surface area contributed by atoms with Crippen molar-refractivity contribution >= 4 is 6.09 Å². The van der Waals surface area contributed by atoms with E-state index in [9.17, 15) is 14.3 Å². The van der Waals surface area contributed by atoms with E-state index in [1.54, 1.807) is 17.0 Å². The molecule has 2 rings (SSSR count). The molecule has 1 fully saturated rings. The van der Waals surface area contributed by atoms with Crippen molar-refractivity contribution < 1.29 is 19.0 Å². The first kappa shape index (κ1) is 16.7. The summed E-state index contributed by atoms with van der Waals surface area (Å²) in [5.41, 5.74) is -0.0939. The molecule has 1 aliphatic rings. The van der Waals surface area contributed by atoms with Crippen LogP contribution in [0.5, 0.6) is 0 Å². The maximum absolute atomic E-state index is 13.4. The third-order valence-corrected chi connectivity index (χ3v) is 3.73. The molecule has 1 amide bonds. The fraction of sp³-hybridized carbons (Fsp3) is 0.588. The quantitative estimate of drug-likeness (QED) is 0.907. The minimum Gasteiger partial charge on any atom is -0.444 e. The number of piperidine rings is 1. The van der Waals surface area contributed by atoms with E-state index in [0.29, 0.717) is 18.5 Å². The number of amides is 1. The number of likely N-dealkylation sites (tertiary alicyclic amines) is 1. The Labute approximate surface area is 130 Å². The molecular formula is C17H24FNO3. The number of halogens is 1. The summed E-state index contributed by atoms with van der Waals surface area (Å²) in [4.78, 5) is 13.9. The van der Waals surface area contributed by atoms with Crippen molar-refractivity contribution in [3.63, 3.8) is 0 Å². The van der Waals surface area contributed by atoms with Gasteiger partial charge in [0.2, 0.25) is 0 Å². The zero-order chi connectivity index (χ0) is 16.3. The van der Waals surface area contributed by atoms with E-state index in [-0.39, 0.29) is 6.04 Å². The van der Waals surface area contributed by atoms with Crippen molar-refractivity contribution in [1.29, 1.82) is 0 Å². The second kappa shape index (κ2) is 6.65. The molecule has 0 bridgehead atoms. The third kappa shape index (κ3) is 4.19. The average Bonchev–Trinajstić information content (AvgIpc) is 2.44. The maximum atomic E-state index is 13.4. The van der Waals surface area contributed by atoms with Crippen molar-refractivity contribution in [2.24, 2.45) is 0 Å². The second-order valence-electron chi connectivity index (χ2n) is 6.74. The Bertz CT molecular complexity index is 527. The van der Waals surface area contributed by atoms with Crippen LogP contribution >= 0.6 is 0 Å². The first-order valence-electron chi connectivity index (χ1n) is 7.71. The van der Waals surface area contributed by atoms with Crippen LogP contribution in [0.4, 0.5) is 9.18 Å². The molecule has 1 aromatic carbocycles. The van der Waals surface area contributed by atoms with E-state index in [1.807, 2.05) is 20.8 Å². The van der Waals surface area contributed by atoms with Crippen LogP contribution in [0.3, 0.4) is 0 Å². The van der Waals surface area contributed by atoms with Gasteiger partial charge in [-0.15, -0.1) is 0 Å². The first-order valence-corrected chi connectivity index (χ1v) is 7.71. The van der Waals surface area contributed by atoms with Gasteiger partial charge in [0, 0.05) is 6.54 Å². The molecule has 122 valence electrons. The highest BCUT2D eigenvalue weighted by Gasteiger charge is 2.35. The average molecular weight is 309 g/mol. The van der Waals surface area contributed by atoms with Crippen molar-refractivity contribution in [1.82, 2.24) is 4.90 Å². The molecule has 1 N–H and O–H groups in total. The number of ether oxygens (including phenoxy) is 1. The minimum absolute atomic E-state index is 0.384. The molecule has 1 aromatic rings. The monoisotopic (exact) mass is 309 g/mol. The van der Waals surface area contributed by atoms with Gasteiger partial charge in [0.1, 0.15) is 11.4 Å². The number of rotatable bonds is 2. The SMILES string of the molecule is CC(C)(C)OC(=O)N1CCCC[C@@H]1[C@H](O)c1cccc(F)c1. The van der Waals surface area contributed by atoms with E-state index < -0.39 is 23.6 Å². The van der Waals surface area contributed by atoms with Gasteiger partial charge in [-0.1, -0.05) is 12.1 Å². The second-order valence-corrected chi connectivity index (χ2v) is 6.74. The van der Waals surface area contributed by atoms with Gasteiger partial charge in [-0.05, 0) is 57.7 Å². The van der Waals surface area contributed by atoms with E-state index in [0.717, 1.165) is 12.8 Å². The molecule has 1 aliphatic heterocycles. The lowest BCUT2D eigenvalue weighted by Gasteiger charge is -2.39. The van der Waals surface area contributed by atoms with Gasteiger partial charge in [0.15, 0.2) is 0 Å². The summed E-state index contributed by atoms with van der Waals surface area (Å²) < 4.78 is 18.8. The molecule has 2 atom stereocenters. The smallest absolute Gasteiger partial charge is 0.410 e. The molecule has 5 heteroatoms. The summed E-state index contributed by atoms with van der Waals surface area (Å²) in [5, 5.41) is 10.6. The molecule has 0 saturated carbocycles. The molecule has 4 nitrogen and oxygen atoms in total. The number of aliphatic hydroxyl groups excluding tert-OH is 1. The zero-order valence-corrected chi connectivity index (χ0v) is 13.4. The lowest BCUT2D eigenvalue weighted by atomic mass is 9.93. The van der Waals surface area contributed by atoms with Gasteiger partial charge < -0.3 is 14.7 Å². The molecular weight excluding hydrogens is 285 g/mol. The molecule has 0 unspecified atom stereocenters. The molecule has 22 heavy (non-hydrogen) atoms. The lowest BCUT2D eigenvalue weighted by molar-refractivity contribution is -0.0169. The molecule has 1 saturated heterocycles. The van der Waals surface area contributed by atoms with Gasteiger partial charge in [0.25, 0.3) is 0 Å². The Balaban J connectivity index is 2.17. The third-order valence-electron chi connectivity index (χ3n) is 3.73. The van der Waals surface area contributed by atoms with Crippen LogP contribution in [-0.4, -0.2) is 34.3 Å². The maximum Gasteiger partial charge on any atom is 0.410 e. The van der Waals surface area contributed by atoms with E-state index in [2.05, 4.69) is 0 Å².